The number of nitrogens with one attached hydrogen (secondary N) is 1. The van der Waals surface area contributed by atoms with Crippen LogP contribution in [0.15, 0.2) is 36.5 Å². The molecule has 1 N–H and O–H groups in total. The van der Waals surface area contributed by atoms with Gasteiger partial charge in [0, 0.05) is 18.9 Å². The molecule has 21 heavy (non-hydrogen) atoms. The number of rotatable bonds is 3. The third-order valence-electron chi connectivity index (χ3n) is 3.64. The maximum Gasteiger partial charge on any atom is 0.251 e. The van der Waals surface area contributed by atoms with Crippen molar-refractivity contribution in [1.82, 2.24) is 19.3 Å². The molecule has 1 unspecified atom stereocenters. The summed E-state index contributed by atoms with van der Waals surface area (Å²) in [6.45, 7) is 3.74. The first-order valence-electron chi connectivity index (χ1n) is 6.80. The van der Waals surface area contributed by atoms with Gasteiger partial charge in [-0.15, -0.1) is 0 Å². The van der Waals surface area contributed by atoms with Crippen molar-refractivity contribution < 1.29 is 4.79 Å². The van der Waals surface area contributed by atoms with E-state index in [1.54, 1.807) is 10.9 Å². The topological polar surface area (TPSA) is 64.7 Å². The van der Waals surface area contributed by atoms with E-state index in [0.29, 0.717) is 5.95 Å². The van der Waals surface area contributed by atoms with Gasteiger partial charge < -0.3 is 4.57 Å². The lowest BCUT2D eigenvalue weighted by molar-refractivity contribution is -0.119. The zero-order valence-electron chi connectivity index (χ0n) is 12.2. The monoisotopic (exact) mass is 283 g/mol. The second-order valence-corrected chi connectivity index (χ2v) is 5.07. The maximum absolute atomic E-state index is 12.4. The van der Waals surface area contributed by atoms with Crippen LogP contribution in [0.1, 0.15) is 18.7 Å². The first kappa shape index (κ1) is 13.4. The fourth-order valence-corrected chi connectivity index (χ4v) is 2.37. The van der Waals surface area contributed by atoms with E-state index in [0.717, 1.165) is 16.7 Å². The van der Waals surface area contributed by atoms with Crippen molar-refractivity contribution in [2.45, 2.75) is 19.9 Å². The zero-order valence-corrected chi connectivity index (χ0v) is 12.2. The lowest BCUT2D eigenvalue weighted by Gasteiger charge is -2.14. The van der Waals surface area contributed by atoms with Crippen molar-refractivity contribution in [3.05, 3.63) is 42.2 Å². The van der Waals surface area contributed by atoms with Gasteiger partial charge in [0.2, 0.25) is 5.95 Å². The van der Waals surface area contributed by atoms with E-state index in [1.165, 1.54) is 0 Å². The minimum atomic E-state index is -0.389. The maximum atomic E-state index is 12.4. The molecule has 6 nitrogen and oxygen atoms in total. The number of nitrogens with zero attached hydrogens (tertiary/aromatic N) is 4. The largest absolute Gasteiger partial charge is 0.313 e. The minimum Gasteiger partial charge on any atom is -0.313 e. The number of imidazole rings is 1. The number of hydrogen-bond donors (Lipinski definition) is 1. The summed E-state index contributed by atoms with van der Waals surface area (Å²) in [7, 11) is 1.88. The SMILES string of the molecule is Cc1ccnn1C(C)C(=O)Nc1nc2ccccc2n1C. The van der Waals surface area contributed by atoms with E-state index >= 15 is 0 Å². The fourth-order valence-electron chi connectivity index (χ4n) is 2.37. The van der Waals surface area contributed by atoms with Crippen LogP contribution in [-0.4, -0.2) is 25.2 Å². The Morgan fingerprint density at radius 2 is 2.05 bits per heavy atom. The number of amides is 1. The van der Waals surface area contributed by atoms with Gasteiger partial charge in [0.1, 0.15) is 6.04 Å². The van der Waals surface area contributed by atoms with Crippen molar-refractivity contribution in [3.63, 3.8) is 0 Å². The van der Waals surface area contributed by atoms with E-state index in [2.05, 4.69) is 15.4 Å². The summed E-state index contributed by atoms with van der Waals surface area (Å²) < 4.78 is 3.56. The third-order valence-corrected chi connectivity index (χ3v) is 3.64. The van der Waals surface area contributed by atoms with Crippen molar-refractivity contribution in [3.8, 4) is 0 Å². The number of fused-ring (bicyclic) bond motifs is 1. The Hall–Kier alpha value is -2.63. The second kappa shape index (κ2) is 5.05. The number of carbonyl (C=O) groups is 1. The first-order chi connectivity index (χ1) is 10.1. The minimum absolute atomic E-state index is 0.139. The van der Waals surface area contributed by atoms with Gasteiger partial charge in [-0.3, -0.25) is 14.8 Å². The van der Waals surface area contributed by atoms with Crippen LogP contribution < -0.4 is 5.32 Å². The summed E-state index contributed by atoms with van der Waals surface area (Å²) in [6, 6.07) is 9.26. The second-order valence-electron chi connectivity index (χ2n) is 5.07. The van der Waals surface area contributed by atoms with E-state index in [-0.39, 0.29) is 11.9 Å². The van der Waals surface area contributed by atoms with Crippen molar-refractivity contribution in [2.24, 2.45) is 7.05 Å². The molecule has 108 valence electrons. The quantitative estimate of drug-likeness (QED) is 0.802. The molecule has 1 atom stereocenters. The van der Waals surface area contributed by atoms with Gasteiger partial charge in [0.15, 0.2) is 0 Å². The molecule has 0 spiro atoms. The lowest BCUT2D eigenvalue weighted by atomic mass is 10.3. The molecule has 0 radical (unpaired) electrons. The summed E-state index contributed by atoms with van der Waals surface area (Å²) in [5, 5.41) is 7.04. The van der Waals surface area contributed by atoms with Gasteiger partial charge in [0.25, 0.3) is 5.91 Å². The molecular formula is C15H17N5O. The molecule has 0 bridgehead atoms. The highest BCUT2D eigenvalue weighted by Gasteiger charge is 2.19. The molecule has 0 aliphatic carbocycles. The third kappa shape index (κ3) is 2.29. The standard InChI is InChI=1S/C15H17N5O/c1-10-8-9-16-20(10)11(2)14(21)18-15-17-12-6-4-5-7-13(12)19(15)3/h4-9,11H,1-3H3,(H,17,18,21). The normalized spacial score (nSPS) is 12.5. The Morgan fingerprint density at radius 3 is 2.71 bits per heavy atom. The summed E-state index contributed by atoms with van der Waals surface area (Å²) in [5.41, 5.74) is 2.79. The van der Waals surface area contributed by atoms with Crippen molar-refractivity contribution >= 4 is 22.9 Å². The van der Waals surface area contributed by atoms with Crippen LogP contribution in [0.2, 0.25) is 0 Å². The van der Waals surface area contributed by atoms with Gasteiger partial charge >= 0.3 is 0 Å². The molecule has 3 rings (SSSR count). The summed E-state index contributed by atoms with van der Waals surface area (Å²) >= 11 is 0. The molecule has 1 aromatic carbocycles. The van der Waals surface area contributed by atoms with E-state index in [4.69, 9.17) is 0 Å². The van der Waals surface area contributed by atoms with Crippen LogP contribution in [0.25, 0.3) is 11.0 Å². The summed E-state index contributed by atoms with van der Waals surface area (Å²) in [4.78, 5) is 16.8. The molecule has 1 amide bonds. The predicted molar refractivity (Wildman–Crippen MR) is 81.0 cm³/mol. The highest BCUT2D eigenvalue weighted by atomic mass is 16.2. The summed E-state index contributed by atoms with van der Waals surface area (Å²) in [6.07, 6.45) is 1.69. The molecule has 6 heteroatoms. The van der Waals surface area contributed by atoms with Gasteiger partial charge in [-0.25, -0.2) is 4.98 Å². The van der Waals surface area contributed by atoms with E-state index in [1.807, 2.05) is 55.8 Å². The van der Waals surface area contributed by atoms with Gasteiger partial charge in [-0.2, -0.15) is 5.10 Å². The van der Waals surface area contributed by atoms with Gasteiger partial charge in [-0.1, -0.05) is 12.1 Å². The van der Waals surface area contributed by atoms with Crippen LogP contribution in [0.5, 0.6) is 0 Å². The number of para-hydroxylation sites is 2. The zero-order chi connectivity index (χ0) is 15.0. The molecular weight excluding hydrogens is 266 g/mol. The first-order valence-corrected chi connectivity index (χ1v) is 6.80. The number of aryl methyl sites for hydroxylation is 2. The molecule has 3 aromatic rings. The molecule has 0 saturated carbocycles. The van der Waals surface area contributed by atoms with E-state index < -0.39 is 0 Å². The van der Waals surface area contributed by atoms with Gasteiger partial charge in [-0.05, 0) is 32.0 Å². The number of hydrogen-bond acceptors (Lipinski definition) is 3. The number of aromatic nitrogens is 4. The average Bonchev–Trinajstić information content (AvgIpc) is 3.03. The molecule has 0 aliphatic rings. The molecule has 0 saturated heterocycles. The fraction of sp³-hybridized carbons (Fsp3) is 0.267. The lowest BCUT2D eigenvalue weighted by Crippen LogP contribution is -2.26. The molecule has 0 fully saturated rings. The Bertz CT molecular complexity index is 801. The Morgan fingerprint density at radius 1 is 1.29 bits per heavy atom. The van der Waals surface area contributed by atoms with Gasteiger partial charge in [0.05, 0.1) is 11.0 Å². The summed E-state index contributed by atoms with van der Waals surface area (Å²) in [5.74, 6) is 0.401. The van der Waals surface area contributed by atoms with Crippen LogP contribution in [0, 0.1) is 6.92 Å². The van der Waals surface area contributed by atoms with E-state index in [9.17, 15) is 4.79 Å². The van der Waals surface area contributed by atoms with Crippen molar-refractivity contribution in [1.29, 1.82) is 0 Å². The number of benzene rings is 1. The van der Waals surface area contributed by atoms with Crippen LogP contribution >= 0.6 is 0 Å². The van der Waals surface area contributed by atoms with Crippen LogP contribution in [0.3, 0.4) is 0 Å². The Kier molecular flexibility index (Phi) is 3.21. The van der Waals surface area contributed by atoms with Crippen LogP contribution in [-0.2, 0) is 11.8 Å². The smallest absolute Gasteiger partial charge is 0.251 e. The highest BCUT2D eigenvalue weighted by Crippen LogP contribution is 2.19. The molecule has 0 aliphatic heterocycles. The molecule has 2 heterocycles. The average molecular weight is 283 g/mol. The Balaban J connectivity index is 1.86. The predicted octanol–water partition coefficient (Wildman–Crippen LogP) is 2.28. The van der Waals surface area contributed by atoms with Crippen LogP contribution in [0.4, 0.5) is 5.95 Å². The Labute approximate surface area is 122 Å². The number of carbonyl (C=O) groups excluding carboxylic acids is 1. The highest BCUT2D eigenvalue weighted by molar-refractivity contribution is 5.93. The molecule has 2 aromatic heterocycles. The number of anilines is 1. The van der Waals surface area contributed by atoms with Crippen molar-refractivity contribution in [2.75, 3.05) is 5.32 Å².